The first-order valence-electron chi connectivity index (χ1n) is 9.11. The Morgan fingerprint density at radius 1 is 0.963 bits per heavy atom. The van der Waals surface area contributed by atoms with Crippen molar-refractivity contribution in [3.63, 3.8) is 0 Å². The van der Waals surface area contributed by atoms with Crippen LogP contribution in [0.15, 0.2) is 71.9 Å². The molecule has 0 amide bonds. The Kier molecular flexibility index (Phi) is 6.23. The van der Waals surface area contributed by atoms with Crippen molar-refractivity contribution in [1.29, 1.82) is 5.26 Å². The number of nitrogens with zero attached hydrogens (tertiary/aromatic N) is 3. The number of nitriles is 1. The van der Waals surface area contributed by atoms with Crippen LogP contribution < -0.4 is 5.73 Å². The third-order valence-corrected chi connectivity index (χ3v) is 5.31. The summed E-state index contributed by atoms with van der Waals surface area (Å²) < 4.78 is 0. The molecule has 3 rings (SSSR count). The lowest BCUT2D eigenvalue weighted by atomic mass is 9.96. The van der Waals surface area contributed by atoms with E-state index in [9.17, 15) is 5.26 Å². The van der Waals surface area contributed by atoms with Gasteiger partial charge in [-0.3, -0.25) is 4.90 Å². The lowest BCUT2D eigenvalue weighted by molar-refractivity contribution is 0.131. The number of benzene rings is 2. The molecule has 0 atom stereocenters. The van der Waals surface area contributed by atoms with Crippen molar-refractivity contribution in [1.82, 2.24) is 9.80 Å². The van der Waals surface area contributed by atoms with Crippen LogP contribution in [0, 0.1) is 11.3 Å². The third-order valence-electron chi connectivity index (χ3n) is 5.10. The first-order chi connectivity index (χ1) is 13.1. The minimum absolute atomic E-state index is 0.170. The molecule has 2 aromatic carbocycles. The molecule has 1 aliphatic heterocycles. The Bertz CT molecular complexity index is 807. The van der Waals surface area contributed by atoms with Gasteiger partial charge < -0.3 is 10.6 Å². The summed E-state index contributed by atoms with van der Waals surface area (Å²) in [5, 5.41) is 9.32. The number of hydrogen-bond acceptors (Lipinski definition) is 4. The maximum absolute atomic E-state index is 9.32. The van der Waals surface area contributed by atoms with Gasteiger partial charge in [0.15, 0.2) is 0 Å². The molecular weight excluding hydrogens is 352 g/mol. The van der Waals surface area contributed by atoms with Crippen molar-refractivity contribution < 1.29 is 0 Å². The Balaban J connectivity index is 1.82. The predicted octanol–water partition coefficient (Wildman–Crippen LogP) is 3.48. The van der Waals surface area contributed by atoms with Crippen LogP contribution in [-0.4, -0.2) is 41.0 Å². The van der Waals surface area contributed by atoms with Gasteiger partial charge in [0.05, 0.1) is 6.04 Å². The van der Waals surface area contributed by atoms with Gasteiger partial charge in [0.25, 0.3) is 0 Å². The van der Waals surface area contributed by atoms with E-state index >= 15 is 0 Å². The summed E-state index contributed by atoms with van der Waals surface area (Å²) in [6, 6.07) is 23.6. The van der Waals surface area contributed by atoms with E-state index in [1.165, 1.54) is 11.1 Å². The molecule has 1 saturated heterocycles. The molecule has 1 aliphatic rings. The normalized spacial score (nSPS) is 16.0. The molecule has 0 radical (unpaired) electrons. The van der Waals surface area contributed by atoms with Gasteiger partial charge in [0, 0.05) is 31.9 Å². The van der Waals surface area contributed by atoms with Gasteiger partial charge in [-0.05, 0) is 18.1 Å². The molecule has 5 heteroatoms. The van der Waals surface area contributed by atoms with Gasteiger partial charge in [-0.1, -0.05) is 72.9 Å². The van der Waals surface area contributed by atoms with E-state index in [4.69, 9.17) is 18.0 Å². The van der Waals surface area contributed by atoms with E-state index in [2.05, 4.69) is 76.5 Å². The number of rotatable bonds is 5. The van der Waals surface area contributed by atoms with Crippen molar-refractivity contribution in [2.24, 2.45) is 5.73 Å². The van der Waals surface area contributed by atoms with Crippen LogP contribution in [0.2, 0.25) is 0 Å². The van der Waals surface area contributed by atoms with E-state index in [1.54, 1.807) is 0 Å². The average Bonchev–Trinajstić information content (AvgIpc) is 2.70. The fourth-order valence-corrected chi connectivity index (χ4v) is 3.87. The molecule has 2 aromatic rings. The third kappa shape index (κ3) is 4.36. The monoisotopic (exact) mass is 376 g/mol. The predicted molar refractivity (Wildman–Crippen MR) is 113 cm³/mol. The number of allylic oxidation sites excluding steroid dienone is 1. The van der Waals surface area contributed by atoms with Crippen molar-refractivity contribution in [2.75, 3.05) is 26.2 Å². The number of hydrogen-bond donors (Lipinski definition) is 1. The second-order valence-corrected chi connectivity index (χ2v) is 7.12. The highest BCUT2D eigenvalue weighted by Crippen LogP contribution is 2.30. The molecule has 0 spiro atoms. The van der Waals surface area contributed by atoms with Crippen LogP contribution in [-0.2, 0) is 0 Å². The number of thiocarbonyl (C=S) groups is 1. The molecule has 0 saturated carbocycles. The van der Waals surface area contributed by atoms with Crippen LogP contribution in [0.3, 0.4) is 0 Å². The van der Waals surface area contributed by atoms with Crippen molar-refractivity contribution in [3.05, 3.63) is 83.1 Å². The molecular formula is C22H24N4S. The van der Waals surface area contributed by atoms with E-state index in [-0.39, 0.29) is 11.0 Å². The molecule has 0 bridgehead atoms. The van der Waals surface area contributed by atoms with Crippen molar-refractivity contribution in [2.45, 2.75) is 13.0 Å². The summed E-state index contributed by atoms with van der Waals surface area (Å²) in [5.41, 5.74) is 9.58. The lowest BCUT2D eigenvalue weighted by Gasteiger charge is -2.41. The zero-order valence-corrected chi connectivity index (χ0v) is 16.3. The molecule has 0 unspecified atom stereocenters. The zero-order valence-electron chi connectivity index (χ0n) is 15.5. The quantitative estimate of drug-likeness (QED) is 0.492. The molecule has 1 fully saturated rings. The fraction of sp³-hybridized carbons (Fsp3) is 0.273. The molecule has 2 N–H and O–H groups in total. The van der Waals surface area contributed by atoms with Gasteiger partial charge in [0.2, 0.25) is 0 Å². The lowest BCUT2D eigenvalue weighted by Crippen LogP contribution is -2.47. The molecule has 27 heavy (non-hydrogen) atoms. The summed E-state index contributed by atoms with van der Waals surface area (Å²) in [5.74, 6) is 0. The first-order valence-corrected chi connectivity index (χ1v) is 9.52. The van der Waals surface area contributed by atoms with Crippen LogP contribution in [0.5, 0.6) is 0 Å². The minimum atomic E-state index is 0.170. The Morgan fingerprint density at radius 3 is 1.85 bits per heavy atom. The summed E-state index contributed by atoms with van der Waals surface area (Å²) in [7, 11) is 0. The van der Waals surface area contributed by atoms with E-state index in [1.807, 2.05) is 6.92 Å². The highest BCUT2D eigenvalue weighted by molar-refractivity contribution is 7.80. The molecule has 0 aromatic heterocycles. The second kappa shape index (κ2) is 8.81. The van der Waals surface area contributed by atoms with Gasteiger partial charge in [0.1, 0.15) is 16.6 Å². The smallest absolute Gasteiger partial charge is 0.116 e. The van der Waals surface area contributed by atoms with Gasteiger partial charge in [-0.25, -0.2) is 0 Å². The number of nitrogens with two attached hydrogens (primary N) is 1. The molecule has 138 valence electrons. The van der Waals surface area contributed by atoms with Gasteiger partial charge in [-0.15, -0.1) is 0 Å². The van der Waals surface area contributed by atoms with E-state index < -0.39 is 0 Å². The maximum Gasteiger partial charge on any atom is 0.116 e. The summed E-state index contributed by atoms with van der Waals surface area (Å²) >= 11 is 5.01. The SMILES string of the molecule is CC(=C(C#N)C(N)=S)N1CCN(C(c2ccccc2)c2ccccc2)CC1. The number of piperazine rings is 1. The fourth-order valence-electron chi connectivity index (χ4n) is 3.67. The van der Waals surface area contributed by atoms with E-state index in [0.29, 0.717) is 5.57 Å². The second-order valence-electron chi connectivity index (χ2n) is 6.68. The minimum Gasteiger partial charge on any atom is -0.389 e. The van der Waals surface area contributed by atoms with E-state index in [0.717, 1.165) is 31.9 Å². The van der Waals surface area contributed by atoms with Crippen molar-refractivity contribution in [3.8, 4) is 6.07 Å². The van der Waals surface area contributed by atoms with Crippen LogP contribution in [0.4, 0.5) is 0 Å². The van der Waals surface area contributed by atoms with Crippen LogP contribution >= 0.6 is 12.2 Å². The zero-order chi connectivity index (χ0) is 19.2. The molecule has 0 aliphatic carbocycles. The highest BCUT2D eigenvalue weighted by Gasteiger charge is 2.27. The summed E-state index contributed by atoms with van der Waals surface area (Å²) in [6.45, 7) is 5.43. The molecule has 1 heterocycles. The largest absolute Gasteiger partial charge is 0.389 e. The van der Waals surface area contributed by atoms with Crippen LogP contribution in [0.1, 0.15) is 24.1 Å². The maximum atomic E-state index is 9.32. The van der Waals surface area contributed by atoms with Gasteiger partial charge in [-0.2, -0.15) is 5.26 Å². The Labute approximate surface area is 166 Å². The highest BCUT2D eigenvalue weighted by atomic mass is 32.1. The van der Waals surface area contributed by atoms with Gasteiger partial charge >= 0.3 is 0 Å². The van der Waals surface area contributed by atoms with Crippen molar-refractivity contribution >= 4 is 17.2 Å². The Hall–Kier alpha value is -2.68. The topological polar surface area (TPSA) is 56.3 Å². The molecule has 4 nitrogen and oxygen atoms in total. The average molecular weight is 377 g/mol. The standard InChI is InChI=1S/C22H24N4S/c1-17(20(16-23)22(24)27)25-12-14-26(15-13-25)21(18-8-4-2-5-9-18)19-10-6-3-7-11-19/h2-11,21H,12-15H2,1H3,(H2,24,27). The Morgan fingerprint density at radius 2 is 1.44 bits per heavy atom. The summed E-state index contributed by atoms with van der Waals surface area (Å²) in [6.07, 6.45) is 0. The first kappa shape index (κ1) is 19.1. The summed E-state index contributed by atoms with van der Waals surface area (Å²) in [4.78, 5) is 4.88. The van der Waals surface area contributed by atoms with Crippen LogP contribution in [0.25, 0.3) is 0 Å².